The molecule has 1 aromatic carbocycles. The smallest absolute Gasteiger partial charge is 0.422 e. The van der Waals surface area contributed by atoms with E-state index in [1.807, 2.05) is 0 Å². The van der Waals surface area contributed by atoms with E-state index in [9.17, 15) is 30.7 Å². The number of hydrogen-bond acceptors (Lipinski definition) is 3. The van der Waals surface area contributed by atoms with Crippen LogP contribution < -0.4 is 9.47 Å². The molecular weight excluding hydrogens is 353 g/mol. The number of benzene rings is 1. The van der Waals surface area contributed by atoms with Crippen LogP contribution in [0, 0.1) is 23.3 Å². The molecule has 0 aliphatic carbocycles. The molecule has 0 amide bonds. The fourth-order valence-electron chi connectivity index (χ4n) is 2.12. The van der Waals surface area contributed by atoms with Crippen molar-refractivity contribution in [3.8, 4) is 21.9 Å². The summed E-state index contributed by atoms with van der Waals surface area (Å²) < 4.78 is 103. The first-order valence-corrected chi connectivity index (χ1v) is 6.92. The first kappa shape index (κ1) is 15.9. The highest BCUT2D eigenvalue weighted by Gasteiger charge is 2.43. The van der Waals surface area contributed by atoms with Crippen LogP contribution in [0.5, 0.6) is 11.5 Å². The van der Waals surface area contributed by atoms with Crippen molar-refractivity contribution in [1.29, 1.82) is 0 Å². The molecule has 2 aromatic rings. The van der Waals surface area contributed by atoms with Gasteiger partial charge in [-0.3, -0.25) is 0 Å². The molecule has 0 spiro atoms. The topological polar surface area (TPSA) is 18.5 Å². The molecule has 0 unspecified atom stereocenters. The molecule has 0 fully saturated rings. The van der Waals surface area contributed by atoms with Gasteiger partial charge in [-0.25, -0.2) is 17.6 Å². The second-order valence-electron chi connectivity index (χ2n) is 4.46. The third-order valence-electron chi connectivity index (χ3n) is 3.08. The van der Waals surface area contributed by atoms with Crippen molar-refractivity contribution >= 4 is 11.3 Å². The predicted molar refractivity (Wildman–Crippen MR) is 65.6 cm³/mol. The van der Waals surface area contributed by atoms with E-state index in [-0.39, 0.29) is 29.6 Å². The van der Waals surface area contributed by atoms with Crippen molar-refractivity contribution in [3.05, 3.63) is 34.2 Å². The van der Waals surface area contributed by atoms with Crippen molar-refractivity contribution < 1.29 is 40.2 Å². The van der Waals surface area contributed by atoms with E-state index in [2.05, 4.69) is 0 Å². The Labute approximate surface area is 128 Å². The molecule has 0 radical (unpaired) electrons. The number of fused-ring (bicyclic) bond motifs is 1. The first-order valence-electron chi connectivity index (χ1n) is 6.04. The van der Waals surface area contributed by atoms with E-state index in [0.29, 0.717) is 11.3 Å². The van der Waals surface area contributed by atoms with Gasteiger partial charge in [0.15, 0.2) is 34.8 Å². The van der Waals surface area contributed by atoms with Crippen LogP contribution in [-0.2, 0) is 6.18 Å². The highest BCUT2D eigenvalue weighted by Crippen LogP contribution is 2.49. The standard InChI is InChI=1S/C13H5F7O2S/c14-7-5(12-11-4(3-23-12)21-1-2-22-11)8(15)10(17)6(9(7)16)13(18,19)20/h3H,1-2H2. The normalized spacial score (nSPS) is 14.2. The van der Waals surface area contributed by atoms with Crippen LogP contribution in [0.25, 0.3) is 10.4 Å². The van der Waals surface area contributed by atoms with Crippen LogP contribution in [0.4, 0.5) is 30.7 Å². The van der Waals surface area contributed by atoms with E-state index in [0.717, 1.165) is 0 Å². The summed E-state index contributed by atoms with van der Waals surface area (Å²) in [5, 5.41) is 1.27. The van der Waals surface area contributed by atoms with Crippen LogP contribution in [-0.4, -0.2) is 13.2 Å². The molecule has 0 bridgehead atoms. The molecule has 3 rings (SSSR count). The maximum atomic E-state index is 14.0. The van der Waals surface area contributed by atoms with Crippen molar-refractivity contribution in [1.82, 2.24) is 0 Å². The van der Waals surface area contributed by atoms with E-state index in [4.69, 9.17) is 9.47 Å². The fraction of sp³-hybridized carbons (Fsp3) is 0.231. The second kappa shape index (κ2) is 5.29. The Hall–Kier alpha value is -1.97. The number of hydrogen-bond donors (Lipinski definition) is 0. The quantitative estimate of drug-likeness (QED) is 0.541. The molecule has 0 N–H and O–H groups in total. The Bertz CT molecular complexity index is 753. The summed E-state index contributed by atoms with van der Waals surface area (Å²) in [4.78, 5) is -0.388. The van der Waals surface area contributed by atoms with Crippen molar-refractivity contribution in [2.45, 2.75) is 6.18 Å². The van der Waals surface area contributed by atoms with Crippen LogP contribution in [0.2, 0.25) is 0 Å². The van der Waals surface area contributed by atoms with E-state index < -0.39 is 40.6 Å². The average molecular weight is 358 g/mol. The lowest BCUT2D eigenvalue weighted by Gasteiger charge is -2.17. The molecule has 0 saturated carbocycles. The zero-order chi connectivity index (χ0) is 16.9. The fourth-order valence-corrected chi connectivity index (χ4v) is 3.08. The molecule has 23 heavy (non-hydrogen) atoms. The molecule has 0 saturated heterocycles. The summed E-state index contributed by atoms with van der Waals surface area (Å²) in [5.41, 5.74) is -3.87. The highest BCUT2D eigenvalue weighted by atomic mass is 32.1. The number of alkyl halides is 3. The van der Waals surface area contributed by atoms with Crippen molar-refractivity contribution in [2.24, 2.45) is 0 Å². The maximum absolute atomic E-state index is 14.0. The molecular formula is C13H5F7O2S. The summed E-state index contributed by atoms with van der Waals surface area (Å²) in [6, 6.07) is 0. The van der Waals surface area contributed by atoms with E-state index in [1.54, 1.807) is 0 Å². The summed E-state index contributed by atoms with van der Waals surface area (Å²) in [5.74, 6) is -9.38. The largest absolute Gasteiger partial charge is 0.485 e. The Balaban J connectivity index is 2.28. The molecule has 1 aliphatic rings. The Kier molecular flexibility index (Phi) is 3.66. The summed E-state index contributed by atoms with van der Waals surface area (Å²) >= 11 is 0.633. The molecule has 10 heteroatoms. The highest BCUT2D eigenvalue weighted by molar-refractivity contribution is 7.14. The molecule has 2 nitrogen and oxygen atoms in total. The number of rotatable bonds is 1. The van der Waals surface area contributed by atoms with Gasteiger partial charge < -0.3 is 9.47 Å². The molecule has 0 atom stereocenters. The lowest BCUT2D eigenvalue weighted by Crippen LogP contribution is -2.17. The Morgan fingerprint density at radius 2 is 1.43 bits per heavy atom. The minimum atomic E-state index is -5.58. The van der Waals surface area contributed by atoms with Crippen molar-refractivity contribution in [2.75, 3.05) is 13.2 Å². The number of thiophene rings is 1. The van der Waals surface area contributed by atoms with E-state index in [1.165, 1.54) is 5.38 Å². The van der Waals surface area contributed by atoms with Gasteiger partial charge in [0.05, 0.1) is 10.4 Å². The third-order valence-corrected chi connectivity index (χ3v) is 4.03. The van der Waals surface area contributed by atoms with Crippen LogP contribution >= 0.6 is 11.3 Å². The average Bonchev–Trinajstić information content (AvgIpc) is 2.88. The second-order valence-corrected chi connectivity index (χ2v) is 5.34. The first-order chi connectivity index (χ1) is 10.7. The zero-order valence-corrected chi connectivity index (χ0v) is 11.7. The monoisotopic (exact) mass is 358 g/mol. The lowest BCUT2D eigenvalue weighted by molar-refractivity contribution is -0.143. The van der Waals surface area contributed by atoms with Crippen LogP contribution in [0.3, 0.4) is 0 Å². The molecule has 1 aliphatic heterocycles. The Morgan fingerprint density at radius 3 is 2.00 bits per heavy atom. The maximum Gasteiger partial charge on any atom is 0.422 e. The van der Waals surface area contributed by atoms with Gasteiger partial charge in [0, 0.05) is 5.38 Å². The summed E-state index contributed by atoms with van der Waals surface area (Å²) in [6.07, 6.45) is -5.58. The predicted octanol–water partition coefficient (Wildman–Crippen LogP) is 4.76. The zero-order valence-electron chi connectivity index (χ0n) is 10.9. The number of ether oxygens (including phenoxy) is 2. The van der Waals surface area contributed by atoms with Gasteiger partial charge in [-0.2, -0.15) is 13.2 Å². The van der Waals surface area contributed by atoms with Gasteiger partial charge in [-0.1, -0.05) is 0 Å². The minimum Gasteiger partial charge on any atom is -0.485 e. The SMILES string of the molecule is Fc1c(F)c(C(F)(F)F)c(F)c(F)c1-c1scc2c1OCCO2. The Morgan fingerprint density at radius 1 is 0.870 bits per heavy atom. The van der Waals surface area contributed by atoms with Crippen molar-refractivity contribution in [3.63, 3.8) is 0 Å². The van der Waals surface area contributed by atoms with Gasteiger partial charge in [-0.05, 0) is 0 Å². The number of halogens is 7. The molecule has 1 aromatic heterocycles. The molecule has 2 heterocycles. The molecule has 124 valence electrons. The van der Waals surface area contributed by atoms with Crippen LogP contribution in [0.15, 0.2) is 5.38 Å². The van der Waals surface area contributed by atoms with Gasteiger partial charge in [-0.15, -0.1) is 11.3 Å². The third kappa shape index (κ3) is 2.41. The van der Waals surface area contributed by atoms with Gasteiger partial charge in [0.25, 0.3) is 0 Å². The van der Waals surface area contributed by atoms with Gasteiger partial charge in [0.2, 0.25) is 0 Å². The minimum absolute atomic E-state index is 0.0194. The summed E-state index contributed by atoms with van der Waals surface area (Å²) in [6.45, 7) is 0.176. The summed E-state index contributed by atoms with van der Waals surface area (Å²) in [7, 11) is 0. The van der Waals surface area contributed by atoms with E-state index >= 15 is 0 Å². The van der Waals surface area contributed by atoms with Gasteiger partial charge in [0.1, 0.15) is 18.8 Å². The lowest BCUT2D eigenvalue weighted by atomic mass is 10.1. The van der Waals surface area contributed by atoms with Crippen LogP contribution in [0.1, 0.15) is 5.56 Å². The van der Waals surface area contributed by atoms with Gasteiger partial charge >= 0.3 is 6.18 Å².